The Morgan fingerprint density at radius 3 is 2.10 bits per heavy atom. The Morgan fingerprint density at radius 2 is 1.46 bits per heavy atom. The van der Waals surface area contributed by atoms with Gasteiger partial charge in [0, 0.05) is 18.2 Å². The monoisotopic (exact) mass is 525 g/mol. The maximum Gasteiger partial charge on any atom is 0.343 e. The van der Waals surface area contributed by atoms with Crippen LogP contribution in [0.4, 0.5) is 5.69 Å². The normalized spacial score (nSPS) is 12.7. The first-order chi connectivity index (χ1) is 18.9. The van der Waals surface area contributed by atoms with E-state index < -0.39 is 23.8 Å². The topological polar surface area (TPSA) is 99.2 Å². The van der Waals surface area contributed by atoms with Crippen molar-refractivity contribution >= 4 is 35.5 Å². The lowest BCUT2D eigenvalue weighted by Gasteiger charge is -2.14. The summed E-state index contributed by atoms with van der Waals surface area (Å²) in [5, 5.41) is 0. The second kappa shape index (κ2) is 13.0. The number of amides is 2. The number of esters is 2. The van der Waals surface area contributed by atoms with Crippen molar-refractivity contribution in [1.29, 1.82) is 0 Å². The number of rotatable bonds is 11. The lowest BCUT2D eigenvalue weighted by atomic mass is 10.2. The Hall–Kier alpha value is -4.98. The summed E-state index contributed by atoms with van der Waals surface area (Å²) >= 11 is 0. The highest BCUT2D eigenvalue weighted by molar-refractivity contribution is 6.28. The maximum atomic E-state index is 12.4. The van der Waals surface area contributed by atoms with E-state index in [1.165, 1.54) is 18.2 Å². The summed E-state index contributed by atoms with van der Waals surface area (Å²) < 4.78 is 16.3. The van der Waals surface area contributed by atoms with Crippen LogP contribution in [0, 0.1) is 0 Å². The lowest BCUT2D eigenvalue weighted by Crippen LogP contribution is -2.29. The molecule has 0 atom stereocenters. The van der Waals surface area contributed by atoms with E-state index in [0.717, 1.165) is 23.3 Å². The second-order valence-electron chi connectivity index (χ2n) is 8.64. The number of unbranched alkanes of at least 4 members (excludes halogenated alkanes) is 1. The summed E-state index contributed by atoms with van der Waals surface area (Å²) in [6, 6.07) is 20.1. The number of carbonyl (C=O) groups is 4. The molecule has 0 aromatic heterocycles. The molecular weight excluding hydrogens is 498 g/mol. The molecule has 0 N–H and O–H groups in total. The predicted molar refractivity (Wildman–Crippen MR) is 145 cm³/mol. The zero-order valence-electron chi connectivity index (χ0n) is 21.4. The van der Waals surface area contributed by atoms with Gasteiger partial charge in [0.1, 0.15) is 18.1 Å². The maximum absolute atomic E-state index is 12.4. The minimum absolute atomic E-state index is 0.0321. The van der Waals surface area contributed by atoms with Crippen LogP contribution in [-0.4, -0.2) is 30.4 Å². The summed E-state index contributed by atoms with van der Waals surface area (Å²) in [5.41, 5.74) is 2.29. The van der Waals surface area contributed by atoms with Crippen molar-refractivity contribution in [2.45, 2.75) is 26.4 Å². The van der Waals surface area contributed by atoms with Crippen molar-refractivity contribution in [2.75, 3.05) is 11.5 Å². The van der Waals surface area contributed by atoms with Crippen LogP contribution in [0.5, 0.6) is 11.5 Å². The van der Waals surface area contributed by atoms with Gasteiger partial charge in [0.25, 0.3) is 11.8 Å². The lowest BCUT2D eigenvalue weighted by molar-refractivity contribution is -0.139. The van der Waals surface area contributed by atoms with Crippen molar-refractivity contribution in [3.63, 3.8) is 0 Å². The summed E-state index contributed by atoms with van der Waals surface area (Å²) in [6.45, 7) is 2.76. The van der Waals surface area contributed by atoms with E-state index in [4.69, 9.17) is 14.2 Å². The molecule has 198 valence electrons. The van der Waals surface area contributed by atoms with Gasteiger partial charge in [-0.05, 0) is 72.2 Å². The number of carbonyl (C=O) groups excluding carboxylic acids is 4. The Bertz CT molecular complexity index is 1370. The van der Waals surface area contributed by atoms with Crippen molar-refractivity contribution in [2.24, 2.45) is 0 Å². The third-order valence-corrected chi connectivity index (χ3v) is 5.74. The fraction of sp³-hybridized carbons (Fsp3) is 0.161. The largest absolute Gasteiger partial charge is 0.494 e. The molecule has 0 spiro atoms. The fourth-order valence-electron chi connectivity index (χ4n) is 3.60. The van der Waals surface area contributed by atoms with Gasteiger partial charge in [-0.2, -0.15) is 0 Å². The van der Waals surface area contributed by atoms with Gasteiger partial charge in [0.15, 0.2) is 0 Å². The van der Waals surface area contributed by atoms with Crippen LogP contribution in [0.25, 0.3) is 6.08 Å². The van der Waals surface area contributed by atoms with E-state index in [9.17, 15) is 19.2 Å². The molecule has 4 rings (SSSR count). The van der Waals surface area contributed by atoms with Gasteiger partial charge in [-0.3, -0.25) is 9.59 Å². The van der Waals surface area contributed by atoms with Crippen molar-refractivity contribution in [3.05, 3.63) is 108 Å². The zero-order valence-corrected chi connectivity index (χ0v) is 21.4. The molecule has 0 saturated heterocycles. The molecule has 1 aliphatic rings. The highest BCUT2D eigenvalue weighted by Gasteiger charge is 2.24. The first kappa shape index (κ1) is 27.1. The molecule has 0 aliphatic carbocycles. The van der Waals surface area contributed by atoms with E-state index in [2.05, 4.69) is 6.92 Å². The third-order valence-electron chi connectivity index (χ3n) is 5.74. The van der Waals surface area contributed by atoms with Gasteiger partial charge in [-0.15, -0.1) is 0 Å². The molecule has 8 nitrogen and oxygen atoms in total. The quantitative estimate of drug-likeness (QED) is 0.111. The summed E-state index contributed by atoms with van der Waals surface area (Å²) in [4.78, 5) is 49.1. The highest BCUT2D eigenvalue weighted by Crippen LogP contribution is 2.20. The molecule has 1 aliphatic heterocycles. The molecule has 8 heteroatoms. The smallest absolute Gasteiger partial charge is 0.343 e. The zero-order chi connectivity index (χ0) is 27.6. The number of ether oxygens (including phenoxy) is 3. The SMILES string of the molecule is CCCCOc1ccc(C(=O)Oc2ccc(/C=C/C(=O)OCc3ccc(N4C(=O)C=CC4=O)cc3)cc2)cc1. The fourth-order valence-corrected chi connectivity index (χ4v) is 3.60. The number of hydrogen-bond acceptors (Lipinski definition) is 7. The van der Waals surface area contributed by atoms with E-state index in [-0.39, 0.29) is 6.61 Å². The molecule has 1 heterocycles. The molecular formula is C31H27NO7. The molecule has 2 amide bonds. The van der Waals surface area contributed by atoms with Crippen molar-refractivity contribution in [1.82, 2.24) is 0 Å². The Labute approximate surface area is 226 Å². The van der Waals surface area contributed by atoms with Crippen LogP contribution in [0.3, 0.4) is 0 Å². The number of benzene rings is 3. The summed E-state index contributed by atoms with van der Waals surface area (Å²) in [5.74, 6) is -0.725. The van der Waals surface area contributed by atoms with E-state index in [1.54, 1.807) is 78.9 Å². The number of hydrogen-bond donors (Lipinski definition) is 0. The molecule has 3 aromatic rings. The van der Waals surface area contributed by atoms with E-state index >= 15 is 0 Å². The highest BCUT2D eigenvalue weighted by atomic mass is 16.5. The van der Waals surface area contributed by atoms with Gasteiger partial charge in [0.2, 0.25) is 0 Å². The number of imide groups is 1. The summed E-state index contributed by atoms with van der Waals surface area (Å²) in [6.07, 6.45) is 7.34. The van der Waals surface area contributed by atoms with Crippen LogP contribution in [0.2, 0.25) is 0 Å². The van der Waals surface area contributed by atoms with Crippen LogP contribution < -0.4 is 14.4 Å². The summed E-state index contributed by atoms with van der Waals surface area (Å²) in [7, 11) is 0. The molecule has 0 radical (unpaired) electrons. The molecule has 0 bridgehead atoms. The Kier molecular flexibility index (Phi) is 9.03. The number of nitrogens with zero attached hydrogens (tertiary/aromatic N) is 1. The minimum atomic E-state index is -0.536. The molecule has 0 fully saturated rings. The van der Waals surface area contributed by atoms with E-state index in [1.807, 2.05) is 0 Å². The third kappa shape index (κ3) is 7.52. The average Bonchev–Trinajstić information content (AvgIpc) is 3.29. The van der Waals surface area contributed by atoms with Crippen LogP contribution in [0.1, 0.15) is 41.3 Å². The number of anilines is 1. The van der Waals surface area contributed by atoms with Crippen molar-refractivity contribution < 1.29 is 33.4 Å². The van der Waals surface area contributed by atoms with E-state index in [0.29, 0.717) is 34.9 Å². The van der Waals surface area contributed by atoms with Gasteiger partial charge < -0.3 is 14.2 Å². The van der Waals surface area contributed by atoms with Crippen LogP contribution >= 0.6 is 0 Å². The molecule has 0 saturated carbocycles. The first-order valence-corrected chi connectivity index (χ1v) is 12.5. The minimum Gasteiger partial charge on any atom is -0.494 e. The van der Waals surface area contributed by atoms with Gasteiger partial charge in [0.05, 0.1) is 17.9 Å². The van der Waals surface area contributed by atoms with Gasteiger partial charge in [-0.25, -0.2) is 14.5 Å². The average molecular weight is 526 g/mol. The Balaban J connectivity index is 1.23. The second-order valence-corrected chi connectivity index (χ2v) is 8.64. The van der Waals surface area contributed by atoms with Crippen LogP contribution in [-0.2, 0) is 25.7 Å². The Morgan fingerprint density at radius 1 is 0.821 bits per heavy atom. The first-order valence-electron chi connectivity index (χ1n) is 12.5. The standard InChI is InChI=1S/C31H27NO7/c1-2-3-20-37-26-15-9-24(10-16-26)31(36)39-27-13-6-22(7-14-27)8-19-30(35)38-21-23-4-11-25(12-5-23)32-28(33)17-18-29(32)34/h4-19H,2-3,20-21H2,1H3/b19-8+. The van der Waals surface area contributed by atoms with Crippen molar-refractivity contribution in [3.8, 4) is 11.5 Å². The molecule has 0 unspecified atom stereocenters. The van der Waals surface area contributed by atoms with Gasteiger partial charge >= 0.3 is 11.9 Å². The van der Waals surface area contributed by atoms with Gasteiger partial charge in [-0.1, -0.05) is 37.6 Å². The molecule has 39 heavy (non-hydrogen) atoms. The predicted octanol–water partition coefficient (Wildman–Crippen LogP) is 5.27. The molecule has 3 aromatic carbocycles. The van der Waals surface area contributed by atoms with Crippen LogP contribution in [0.15, 0.2) is 91.0 Å².